The molecular weight excluding hydrogens is 358 g/mol. The zero-order valence-corrected chi connectivity index (χ0v) is 16.6. The van der Waals surface area contributed by atoms with Gasteiger partial charge in [0.15, 0.2) is 0 Å². The van der Waals surface area contributed by atoms with E-state index in [1.54, 1.807) is 17.0 Å². The second kappa shape index (κ2) is 7.09. The van der Waals surface area contributed by atoms with Gasteiger partial charge in [-0.15, -0.1) is 0 Å². The van der Waals surface area contributed by atoms with E-state index in [-0.39, 0.29) is 28.6 Å². The predicted octanol–water partition coefficient (Wildman–Crippen LogP) is 2.96. The van der Waals surface area contributed by atoms with Crippen molar-refractivity contribution >= 4 is 23.0 Å². The van der Waals surface area contributed by atoms with E-state index in [4.69, 9.17) is 0 Å². The molecule has 28 heavy (non-hydrogen) atoms. The molecule has 2 aliphatic heterocycles. The highest BCUT2D eigenvalue weighted by Crippen LogP contribution is 2.52. The smallest absolute Gasteiger partial charge is 0.324 e. The number of rotatable bonds is 4. The maximum Gasteiger partial charge on any atom is 0.336 e. The van der Waals surface area contributed by atoms with Gasteiger partial charge in [0, 0.05) is 44.2 Å². The van der Waals surface area contributed by atoms with Crippen molar-refractivity contribution < 1.29 is 9.72 Å². The molecule has 4 rings (SSSR count). The first-order valence-corrected chi connectivity index (χ1v) is 10.0. The standard InChI is InChI=1S/C20H27N5O3/c1-4-23(5-2)20(26)21-24-12-13-11-17-14(7-6-10-22(17)3)19-16(25(27)28)9-8-15(24)18(13)19/h7-9,13,17H,4-6,10-12H2,1-3H3,(H,21,26)/t13?,17-/m1/s1. The summed E-state index contributed by atoms with van der Waals surface area (Å²) < 4.78 is 0. The zero-order chi connectivity index (χ0) is 20.0. The Balaban J connectivity index is 1.77. The molecule has 8 nitrogen and oxygen atoms in total. The second-order valence-electron chi connectivity index (χ2n) is 7.73. The maximum absolute atomic E-state index is 12.6. The molecule has 3 aliphatic rings. The van der Waals surface area contributed by atoms with Crippen molar-refractivity contribution in [1.29, 1.82) is 0 Å². The summed E-state index contributed by atoms with van der Waals surface area (Å²) in [5.41, 5.74) is 6.94. The van der Waals surface area contributed by atoms with Gasteiger partial charge in [0.05, 0.1) is 16.2 Å². The lowest BCUT2D eigenvalue weighted by Gasteiger charge is -2.39. The predicted molar refractivity (Wildman–Crippen MR) is 108 cm³/mol. The third kappa shape index (κ3) is 2.83. The lowest BCUT2D eigenvalue weighted by molar-refractivity contribution is -0.385. The molecule has 2 heterocycles. The van der Waals surface area contributed by atoms with Gasteiger partial charge in [-0.25, -0.2) is 10.2 Å². The first-order valence-electron chi connectivity index (χ1n) is 10.0. The van der Waals surface area contributed by atoms with Crippen molar-refractivity contribution in [2.24, 2.45) is 0 Å². The first-order chi connectivity index (χ1) is 13.5. The fourth-order valence-electron chi connectivity index (χ4n) is 4.90. The number of nitro benzene ring substituents is 1. The van der Waals surface area contributed by atoms with E-state index in [1.165, 1.54) is 0 Å². The maximum atomic E-state index is 12.6. The van der Waals surface area contributed by atoms with Crippen molar-refractivity contribution in [3.05, 3.63) is 39.4 Å². The normalized spacial score (nSPS) is 23.0. The summed E-state index contributed by atoms with van der Waals surface area (Å²) in [4.78, 5) is 28.1. The number of hydrazine groups is 1. The highest BCUT2D eigenvalue weighted by atomic mass is 16.6. The Morgan fingerprint density at radius 3 is 2.79 bits per heavy atom. The first kappa shape index (κ1) is 18.7. The molecule has 0 bridgehead atoms. The van der Waals surface area contributed by atoms with Gasteiger partial charge in [-0.3, -0.25) is 20.0 Å². The Morgan fingerprint density at radius 1 is 1.36 bits per heavy atom. The molecule has 0 saturated carbocycles. The number of fused-ring (bicyclic) bond motifs is 2. The number of hydrogen-bond acceptors (Lipinski definition) is 5. The minimum atomic E-state index is -0.276. The molecule has 8 heteroatoms. The van der Waals surface area contributed by atoms with Gasteiger partial charge < -0.3 is 4.90 Å². The van der Waals surface area contributed by atoms with Gasteiger partial charge in [-0.1, -0.05) is 6.08 Å². The Labute approximate surface area is 164 Å². The average Bonchev–Trinajstić information content (AvgIpc) is 3.02. The molecule has 150 valence electrons. The molecule has 0 aromatic heterocycles. The van der Waals surface area contributed by atoms with E-state index >= 15 is 0 Å². The third-order valence-corrected chi connectivity index (χ3v) is 6.31. The van der Waals surface area contributed by atoms with Crippen LogP contribution in [0.4, 0.5) is 16.2 Å². The molecule has 1 N–H and O–H groups in total. The molecule has 2 atom stereocenters. The van der Waals surface area contributed by atoms with E-state index in [0.29, 0.717) is 19.6 Å². The number of benzene rings is 1. The molecule has 0 spiro atoms. The summed E-state index contributed by atoms with van der Waals surface area (Å²) in [7, 11) is 2.09. The molecular formula is C20H27N5O3. The number of nitro groups is 1. The third-order valence-electron chi connectivity index (χ3n) is 6.31. The van der Waals surface area contributed by atoms with E-state index < -0.39 is 0 Å². The Kier molecular flexibility index (Phi) is 4.74. The summed E-state index contributed by atoms with van der Waals surface area (Å²) in [6.07, 6.45) is 3.98. The zero-order valence-electron chi connectivity index (χ0n) is 16.6. The van der Waals surface area contributed by atoms with Crippen molar-refractivity contribution in [3.8, 4) is 0 Å². The minimum absolute atomic E-state index is 0.135. The molecule has 2 amide bonds. The number of nitrogens with one attached hydrogen (secondary N) is 1. The number of anilines is 1. The lowest BCUT2D eigenvalue weighted by Crippen LogP contribution is -2.49. The summed E-state index contributed by atoms with van der Waals surface area (Å²) in [5, 5.41) is 13.6. The van der Waals surface area contributed by atoms with Gasteiger partial charge in [0.2, 0.25) is 0 Å². The topological polar surface area (TPSA) is 82.0 Å². The number of carbonyl (C=O) groups excluding carboxylic acids is 1. The highest BCUT2D eigenvalue weighted by molar-refractivity contribution is 5.87. The van der Waals surface area contributed by atoms with Crippen LogP contribution in [0, 0.1) is 10.1 Å². The van der Waals surface area contributed by atoms with Gasteiger partial charge in [0.1, 0.15) is 0 Å². The van der Waals surface area contributed by atoms with Crippen molar-refractivity contribution in [2.75, 3.05) is 38.2 Å². The average molecular weight is 385 g/mol. The van der Waals surface area contributed by atoms with Gasteiger partial charge in [-0.2, -0.15) is 0 Å². The van der Waals surface area contributed by atoms with Crippen LogP contribution in [0.2, 0.25) is 0 Å². The Morgan fingerprint density at radius 2 is 2.11 bits per heavy atom. The molecule has 1 aromatic carbocycles. The number of amides is 2. The number of hydrogen-bond donors (Lipinski definition) is 1. The molecule has 1 aliphatic carbocycles. The molecule has 0 fully saturated rings. The van der Waals surface area contributed by atoms with Crippen LogP contribution in [0.3, 0.4) is 0 Å². The summed E-state index contributed by atoms with van der Waals surface area (Å²) in [6.45, 7) is 6.79. The van der Waals surface area contributed by atoms with Crippen molar-refractivity contribution in [1.82, 2.24) is 15.2 Å². The fraction of sp³-hybridized carbons (Fsp3) is 0.550. The quantitative estimate of drug-likeness (QED) is 0.637. The Bertz CT molecular complexity index is 848. The fourth-order valence-corrected chi connectivity index (χ4v) is 4.90. The van der Waals surface area contributed by atoms with Crippen LogP contribution in [0.1, 0.15) is 43.7 Å². The van der Waals surface area contributed by atoms with Crippen LogP contribution >= 0.6 is 0 Å². The SMILES string of the molecule is CCN(CC)C(=O)NN1CC2C[C@@H]3C(=CCCN3C)c3c([N+](=O)[O-])ccc1c32. The summed E-state index contributed by atoms with van der Waals surface area (Å²) in [6, 6.07) is 3.43. The van der Waals surface area contributed by atoms with Crippen molar-refractivity contribution in [3.63, 3.8) is 0 Å². The van der Waals surface area contributed by atoms with Crippen LogP contribution in [-0.2, 0) is 0 Å². The van der Waals surface area contributed by atoms with Gasteiger partial charge in [-0.05, 0) is 50.9 Å². The number of carbonyl (C=O) groups is 1. The molecule has 0 saturated heterocycles. The van der Waals surface area contributed by atoms with Crippen LogP contribution < -0.4 is 10.4 Å². The van der Waals surface area contributed by atoms with Gasteiger partial charge >= 0.3 is 6.03 Å². The minimum Gasteiger partial charge on any atom is -0.324 e. The van der Waals surface area contributed by atoms with Crippen LogP contribution in [0.15, 0.2) is 18.2 Å². The van der Waals surface area contributed by atoms with Gasteiger partial charge in [0.25, 0.3) is 5.69 Å². The molecule has 0 radical (unpaired) electrons. The molecule has 1 aromatic rings. The van der Waals surface area contributed by atoms with Crippen LogP contribution in [0.25, 0.3) is 5.57 Å². The number of urea groups is 1. The largest absolute Gasteiger partial charge is 0.336 e. The summed E-state index contributed by atoms with van der Waals surface area (Å²) >= 11 is 0. The van der Waals surface area contributed by atoms with E-state index in [0.717, 1.165) is 41.8 Å². The highest BCUT2D eigenvalue weighted by Gasteiger charge is 2.44. The monoisotopic (exact) mass is 385 g/mol. The van der Waals surface area contributed by atoms with Crippen LogP contribution in [0.5, 0.6) is 0 Å². The van der Waals surface area contributed by atoms with E-state index in [9.17, 15) is 14.9 Å². The molecule has 1 unspecified atom stereocenters. The summed E-state index contributed by atoms with van der Waals surface area (Å²) in [5.74, 6) is 0.171. The van der Waals surface area contributed by atoms with Crippen LogP contribution in [-0.4, -0.2) is 60.0 Å². The Hall–Kier alpha value is -2.61. The van der Waals surface area contributed by atoms with E-state index in [1.807, 2.05) is 18.9 Å². The lowest BCUT2D eigenvalue weighted by atomic mass is 9.75. The number of likely N-dealkylation sites (N-methyl/N-ethyl adjacent to an activating group) is 1. The van der Waals surface area contributed by atoms with E-state index in [2.05, 4.69) is 23.4 Å². The second-order valence-corrected chi connectivity index (χ2v) is 7.73. The van der Waals surface area contributed by atoms with Crippen molar-refractivity contribution in [2.45, 2.75) is 38.6 Å². The number of nitrogens with zero attached hydrogens (tertiary/aromatic N) is 4.